The first-order valence-electron chi connectivity index (χ1n) is 5.87. The van der Waals surface area contributed by atoms with Crippen LogP contribution in [0.15, 0.2) is 33.6 Å². The van der Waals surface area contributed by atoms with E-state index in [9.17, 15) is 0 Å². The molecule has 2 aliphatic rings. The fourth-order valence-corrected chi connectivity index (χ4v) is 2.85. The average Bonchev–Trinajstić information content (AvgIpc) is 2.48. The Kier molecular flexibility index (Phi) is 2.41. The molecule has 0 spiro atoms. The van der Waals surface area contributed by atoms with Gasteiger partial charge in [-0.2, -0.15) is 0 Å². The van der Waals surface area contributed by atoms with E-state index in [4.69, 9.17) is 5.73 Å². The third-order valence-corrected chi connectivity index (χ3v) is 4.04. The maximum absolute atomic E-state index is 5.92. The summed E-state index contributed by atoms with van der Waals surface area (Å²) in [6.45, 7) is 5.24. The Bertz CT molecular complexity index is 673. The minimum Gasteiger partial charge on any atom is -0.384 e. The van der Waals surface area contributed by atoms with Crippen LogP contribution in [0.2, 0.25) is 0 Å². The lowest BCUT2D eigenvalue weighted by atomic mass is 9.84. The Morgan fingerprint density at radius 1 is 1.39 bits per heavy atom. The third kappa shape index (κ3) is 1.61. The lowest BCUT2D eigenvalue weighted by molar-refractivity contribution is 0.500. The molecule has 18 heavy (non-hydrogen) atoms. The molecule has 0 fully saturated rings. The molecule has 0 atom stereocenters. The summed E-state index contributed by atoms with van der Waals surface area (Å²) in [6.07, 6.45) is 1.67. The Hall–Kier alpha value is -1.49. The summed E-state index contributed by atoms with van der Waals surface area (Å²) in [7, 11) is 0. The summed E-state index contributed by atoms with van der Waals surface area (Å²) < 4.78 is 1.05. The van der Waals surface area contributed by atoms with Crippen molar-refractivity contribution in [2.45, 2.75) is 13.8 Å². The molecule has 1 aromatic carbocycles. The van der Waals surface area contributed by atoms with Crippen LogP contribution in [0.1, 0.15) is 13.8 Å². The maximum atomic E-state index is 5.92. The number of halogens is 1. The zero-order valence-corrected chi connectivity index (χ0v) is 11.9. The topological polar surface area (TPSA) is 62.4 Å². The van der Waals surface area contributed by atoms with E-state index in [0.29, 0.717) is 5.82 Å². The van der Waals surface area contributed by atoms with E-state index in [1.165, 1.54) is 0 Å². The van der Waals surface area contributed by atoms with Gasteiger partial charge in [0.15, 0.2) is 0 Å². The van der Waals surface area contributed by atoms with Crippen molar-refractivity contribution in [1.29, 1.82) is 0 Å². The van der Waals surface area contributed by atoms with Crippen molar-refractivity contribution >= 4 is 27.3 Å². The molecule has 3 rings (SSSR count). The van der Waals surface area contributed by atoms with Gasteiger partial charge >= 0.3 is 0 Å². The minimum atomic E-state index is -0.0130. The van der Waals surface area contributed by atoms with Crippen LogP contribution in [0.5, 0.6) is 0 Å². The molecule has 1 aromatic rings. The predicted octanol–water partition coefficient (Wildman–Crippen LogP) is 0.989. The van der Waals surface area contributed by atoms with Gasteiger partial charge in [0.1, 0.15) is 5.82 Å². The fraction of sp³-hybridized carbons (Fsp3) is 0.308. The number of nitrogens with one attached hydrogen (secondary N) is 2. The van der Waals surface area contributed by atoms with E-state index in [1.807, 2.05) is 12.1 Å². The van der Waals surface area contributed by atoms with E-state index >= 15 is 0 Å². The first-order valence-corrected chi connectivity index (χ1v) is 6.66. The number of nitrogens with zero attached hydrogens (tertiary/aromatic N) is 1. The molecule has 0 bridgehead atoms. The van der Waals surface area contributed by atoms with E-state index in [2.05, 4.69) is 45.4 Å². The highest BCUT2D eigenvalue weighted by Gasteiger charge is 2.30. The lowest BCUT2D eigenvalue weighted by Crippen LogP contribution is -2.46. The van der Waals surface area contributed by atoms with Crippen LogP contribution in [-0.2, 0) is 0 Å². The molecule has 0 saturated carbocycles. The molecular formula is C13H15BrN4. The summed E-state index contributed by atoms with van der Waals surface area (Å²) in [4.78, 5) is 4.44. The van der Waals surface area contributed by atoms with E-state index in [-0.39, 0.29) is 5.41 Å². The molecule has 0 aromatic heterocycles. The van der Waals surface area contributed by atoms with Crippen LogP contribution in [0.3, 0.4) is 0 Å². The zero-order valence-electron chi connectivity index (χ0n) is 10.3. The van der Waals surface area contributed by atoms with Crippen LogP contribution in [0.4, 0.5) is 5.69 Å². The monoisotopic (exact) mass is 306 g/mol. The van der Waals surface area contributed by atoms with Crippen molar-refractivity contribution in [3.05, 3.63) is 39.2 Å². The smallest absolute Gasteiger partial charge is 0.119 e. The van der Waals surface area contributed by atoms with E-state index in [1.54, 1.807) is 6.20 Å². The average molecular weight is 307 g/mol. The van der Waals surface area contributed by atoms with Gasteiger partial charge in [0.05, 0.1) is 17.2 Å². The SMILES string of the molecule is CC1(C)CNc2c(Br)ccc3c2=C1NC(N)=CN=3. The van der Waals surface area contributed by atoms with Crippen molar-refractivity contribution in [1.82, 2.24) is 5.32 Å². The highest BCUT2D eigenvalue weighted by atomic mass is 79.9. The minimum absolute atomic E-state index is 0.0130. The molecule has 4 N–H and O–H groups in total. The molecule has 0 radical (unpaired) electrons. The molecule has 2 aliphatic heterocycles. The van der Waals surface area contributed by atoms with Gasteiger partial charge < -0.3 is 16.4 Å². The number of hydrogen-bond donors (Lipinski definition) is 3. The molecule has 0 saturated heterocycles. The van der Waals surface area contributed by atoms with Crippen LogP contribution in [0, 0.1) is 5.41 Å². The summed E-state index contributed by atoms with van der Waals surface area (Å²) in [5.41, 5.74) is 8.12. The van der Waals surface area contributed by atoms with Gasteiger partial charge in [-0.15, -0.1) is 0 Å². The Morgan fingerprint density at radius 2 is 2.17 bits per heavy atom. The summed E-state index contributed by atoms with van der Waals surface area (Å²) in [5, 5.41) is 8.82. The van der Waals surface area contributed by atoms with Gasteiger partial charge in [-0.05, 0) is 28.1 Å². The van der Waals surface area contributed by atoms with Crippen molar-refractivity contribution in [2.24, 2.45) is 16.1 Å². The third-order valence-electron chi connectivity index (χ3n) is 3.38. The van der Waals surface area contributed by atoms with Gasteiger partial charge in [-0.3, -0.25) is 4.99 Å². The lowest BCUT2D eigenvalue weighted by Gasteiger charge is -2.34. The molecule has 5 heteroatoms. The number of hydrogen-bond acceptors (Lipinski definition) is 4. The number of nitrogens with two attached hydrogens (primary N) is 1. The van der Waals surface area contributed by atoms with Gasteiger partial charge in [-0.1, -0.05) is 13.8 Å². The zero-order chi connectivity index (χ0) is 12.9. The number of benzene rings is 1. The first-order chi connectivity index (χ1) is 8.49. The van der Waals surface area contributed by atoms with Crippen molar-refractivity contribution in [3.8, 4) is 0 Å². The molecule has 0 aliphatic carbocycles. The second kappa shape index (κ2) is 3.75. The standard InChI is InChI=1S/C13H15BrN4/c1-13(2)6-17-11-7(14)3-4-8-10(11)12(13)18-9(15)5-16-8/h3-5,17-18H,6,15H2,1-2H3. The van der Waals surface area contributed by atoms with Crippen LogP contribution >= 0.6 is 15.9 Å². The molecule has 4 nitrogen and oxygen atoms in total. The second-order valence-electron chi connectivity index (χ2n) is 5.27. The van der Waals surface area contributed by atoms with Crippen molar-refractivity contribution < 1.29 is 0 Å². The summed E-state index contributed by atoms with van der Waals surface area (Å²) >= 11 is 3.58. The Balaban J connectivity index is 2.49. The molecular weight excluding hydrogens is 292 g/mol. The van der Waals surface area contributed by atoms with Crippen molar-refractivity contribution in [3.63, 3.8) is 0 Å². The van der Waals surface area contributed by atoms with Crippen LogP contribution < -0.4 is 26.9 Å². The first kappa shape index (κ1) is 11.6. The largest absolute Gasteiger partial charge is 0.384 e. The summed E-state index contributed by atoms with van der Waals surface area (Å²) in [6, 6.07) is 4.01. The Labute approximate surface area is 114 Å². The van der Waals surface area contributed by atoms with Gasteiger partial charge in [0, 0.05) is 27.3 Å². The maximum Gasteiger partial charge on any atom is 0.119 e. The van der Waals surface area contributed by atoms with Gasteiger partial charge in [-0.25, -0.2) is 0 Å². The number of anilines is 1. The van der Waals surface area contributed by atoms with E-state index < -0.39 is 0 Å². The normalized spacial score (nSPS) is 19.7. The number of rotatable bonds is 0. The van der Waals surface area contributed by atoms with Gasteiger partial charge in [0.25, 0.3) is 0 Å². The molecule has 94 valence electrons. The van der Waals surface area contributed by atoms with Crippen LogP contribution in [0.25, 0.3) is 5.70 Å². The Morgan fingerprint density at radius 3 is 2.94 bits per heavy atom. The fourth-order valence-electron chi connectivity index (χ4n) is 2.38. The van der Waals surface area contributed by atoms with Gasteiger partial charge in [0.2, 0.25) is 0 Å². The van der Waals surface area contributed by atoms with E-state index in [0.717, 1.165) is 33.0 Å². The highest BCUT2D eigenvalue weighted by molar-refractivity contribution is 9.10. The van der Waals surface area contributed by atoms with Crippen LogP contribution in [-0.4, -0.2) is 6.54 Å². The highest BCUT2D eigenvalue weighted by Crippen LogP contribution is 2.31. The molecule has 0 amide bonds. The second-order valence-corrected chi connectivity index (χ2v) is 6.12. The quantitative estimate of drug-likeness (QED) is 0.670. The summed E-state index contributed by atoms with van der Waals surface area (Å²) in [5.74, 6) is 0.582. The predicted molar refractivity (Wildman–Crippen MR) is 76.0 cm³/mol. The van der Waals surface area contributed by atoms with Crippen molar-refractivity contribution in [2.75, 3.05) is 11.9 Å². The molecule has 2 heterocycles. The molecule has 0 unspecified atom stereocenters.